The molecule has 0 aliphatic carbocycles. The maximum absolute atomic E-state index is 12.6. The van der Waals surface area contributed by atoms with E-state index in [0.717, 1.165) is 12.1 Å². The Balaban J connectivity index is 1.82. The number of thiol groups is 1. The maximum Gasteiger partial charge on any atom is 0.416 e. The first-order valence-corrected chi connectivity index (χ1v) is 9.11. The summed E-state index contributed by atoms with van der Waals surface area (Å²) in [6.07, 6.45) is -4.37. The summed E-state index contributed by atoms with van der Waals surface area (Å²) in [7, 11) is -1.27. The van der Waals surface area contributed by atoms with Crippen molar-refractivity contribution >= 4 is 50.4 Å². The molecule has 126 valence electrons. The van der Waals surface area contributed by atoms with Crippen molar-refractivity contribution < 1.29 is 18.0 Å². The van der Waals surface area contributed by atoms with Crippen molar-refractivity contribution in [3.8, 4) is 0 Å². The molecule has 2 aromatic carbocycles. The SMILES string of the molecule is O=C1c2cc(Cl)c(Cl)cc2N=C[SH]1Cc1ccc(C(F)(F)F)cc1. The number of alkyl halides is 3. The van der Waals surface area contributed by atoms with Crippen molar-refractivity contribution in [1.82, 2.24) is 0 Å². The van der Waals surface area contributed by atoms with E-state index in [4.69, 9.17) is 23.2 Å². The van der Waals surface area contributed by atoms with Crippen LogP contribution in [0.2, 0.25) is 10.0 Å². The van der Waals surface area contributed by atoms with Crippen LogP contribution >= 0.6 is 34.1 Å². The van der Waals surface area contributed by atoms with Crippen molar-refractivity contribution in [2.75, 3.05) is 0 Å². The molecule has 0 N–H and O–H groups in total. The van der Waals surface area contributed by atoms with Crippen molar-refractivity contribution in [2.45, 2.75) is 11.9 Å². The summed E-state index contributed by atoms with van der Waals surface area (Å²) in [6.45, 7) is 0. The highest BCUT2D eigenvalue weighted by Crippen LogP contribution is 2.42. The van der Waals surface area contributed by atoms with Crippen LogP contribution in [-0.4, -0.2) is 10.7 Å². The minimum atomic E-state index is -4.37. The number of benzene rings is 2. The topological polar surface area (TPSA) is 29.4 Å². The molecule has 24 heavy (non-hydrogen) atoms. The first-order chi connectivity index (χ1) is 11.3. The molecule has 2 aromatic rings. The lowest BCUT2D eigenvalue weighted by Gasteiger charge is -2.21. The number of halogens is 5. The molecule has 0 saturated carbocycles. The molecular formula is C16H10Cl2F3NOS. The fourth-order valence-electron chi connectivity index (χ4n) is 2.26. The number of nitrogens with zero attached hydrogens (tertiary/aromatic N) is 1. The standard InChI is InChI=1S/C16H10Cl2F3NOS/c17-12-5-11-14(6-13(12)18)22-8-24(15(11)23)7-9-1-3-10(4-2-9)16(19,20)21/h1-6,8,24H,7H2. The molecule has 2 nitrogen and oxygen atoms in total. The molecular weight excluding hydrogens is 382 g/mol. The molecule has 1 heterocycles. The number of carbonyl (C=O) groups excluding carboxylic acids is 1. The molecule has 1 unspecified atom stereocenters. The van der Waals surface area contributed by atoms with Gasteiger partial charge in [-0.1, -0.05) is 35.3 Å². The molecule has 0 fully saturated rings. The fraction of sp³-hybridized carbons (Fsp3) is 0.125. The van der Waals surface area contributed by atoms with Crippen LogP contribution in [0, 0.1) is 0 Å². The largest absolute Gasteiger partial charge is 0.416 e. The van der Waals surface area contributed by atoms with Crippen molar-refractivity contribution in [3.05, 3.63) is 63.1 Å². The van der Waals surface area contributed by atoms with Crippen LogP contribution in [0.4, 0.5) is 18.9 Å². The first-order valence-electron chi connectivity index (χ1n) is 6.76. The summed E-state index contributed by atoms with van der Waals surface area (Å²) in [5.74, 6) is 0.329. The highest BCUT2D eigenvalue weighted by molar-refractivity contribution is 8.39. The van der Waals surface area contributed by atoms with Gasteiger partial charge in [0.1, 0.15) is 0 Å². The van der Waals surface area contributed by atoms with E-state index in [-0.39, 0.29) is 10.1 Å². The smallest absolute Gasteiger partial charge is 0.283 e. The molecule has 0 saturated heterocycles. The van der Waals surface area contributed by atoms with E-state index < -0.39 is 22.6 Å². The minimum absolute atomic E-state index is 0.117. The van der Waals surface area contributed by atoms with Gasteiger partial charge in [-0.05, 0) is 29.8 Å². The zero-order valence-corrected chi connectivity index (χ0v) is 14.3. The lowest BCUT2D eigenvalue weighted by atomic mass is 10.1. The Labute approximate surface area is 148 Å². The van der Waals surface area contributed by atoms with Gasteiger partial charge < -0.3 is 0 Å². The number of aliphatic imine (C=N–C) groups is 1. The predicted octanol–water partition coefficient (Wildman–Crippen LogP) is 6.03. The van der Waals surface area contributed by atoms with Gasteiger partial charge in [-0.3, -0.25) is 9.79 Å². The number of hydrogen-bond acceptors (Lipinski definition) is 2. The highest BCUT2D eigenvalue weighted by atomic mass is 35.5. The van der Waals surface area contributed by atoms with E-state index in [0.29, 0.717) is 27.6 Å². The Morgan fingerprint density at radius 1 is 1.04 bits per heavy atom. The summed E-state index contributed by atoms with van der Waals surface area (Å²) in [5, 5.41) is 0.466. The van der Waals surface area contributed by atoms with E-state index in [2.05, 4.69) is 4.99 Å². The minimum Gasteiger partial charge on any atom is -0.283 e. The molecule has 3 rings (SSSR count). The number of fused-ring (bicyclic) bond motifs is 1. The van der Waals surface area contributed by atoms with E-state index in [9.17, 15) is 18.0 Å². The van der Waals surface area contributed by atoms with E-state index >= 15 is 0 Å². The number of carbonyl (C=O) groups is 1. The Hall–Kier alpha value is -1.50. The van der Waals surface area contributed by atoms with Gasteiger partial charge >= 0.3 is 6.18 Å². The lowest BCUT2D eigenvalue weighted by molar-refractivity contribution is -0.137. The van der Waals surface area contributed by atoms with Crippen LogP contribution in [0.5, 0.6) is 0 Å². The fourth-order valence-corrected chi connectivity index (χ4v) is 4.27. The normalized spacial score (nSPS) is 18.5. The van der Waals surface area contributed by atoms with E-state index in [1.165, 1.54) is 24.3 Å². The van der Waals surface area contributed by atoms with Gasteiger partial charge in [0.25, 0.3) is 0 Å². The van der Waals surface area contributed by atoms with Gasteiger partial charge in [-0.15, -0.1) is 10.9 Å². The Morgan fingerprint density at radius 3 is 2.29 bits per heavy atom. The Bertz CT molecular complexity index is 834. The molecule has 1 aliphatic heterocycles. The second-order valence-electron chi connectivity index (χ2n) is 5.16. The average molecular weight is 392 g/mol. The van der Waals surface area contributed by atoms with Gasteiger partial charge in [0.15, 0.2) is 0 Å². The third-order valence-corrected chi connectivity index (χ3v) is 6.09. The molecule has 0 aromatic heterocycles. The third kappa shape index (κ3) is 3.45. The quantitative estimate of drug-likeness (QED) is 0.622. The van der Waals surface area contributed by atoms with E-state index in [1.54, 1.807) is 5.55 Å². The van der Waals surface area contributed by atoms with Crippen molar-refractivity contribution in [1.29, 1.82) is 0 Å². The second-order valence-corrected chi connectivity index (χ2v) is 7.86. The average Bonchev–Trinajstić information content (AvgIpc) is 2.52. The monoisotopic (exact) mass is 391 g/mol. The van der Waals surface area contributed by atoms with Gasteiger partial charge in [0, 0.05) is 11.3 Å². The zero-order valence-electron chi connectivity index (χ0n) is 11.9. The summed E-state index contributed by atoms with van der Waals surface area (Å²) in [5.41, 5.74) is 2.35. The number of hydrogen-bond donors (Lipinski definition) is 1. The van der Waals surface area contributed by atoms with Crippen molar-refractivity contribution in [3.63, 3.8) is 0 Å². The van der Waals surface area contributed by atoms with Crippen LogP contribution in [-0.2, 0) is 11.9 Å². The van der Waals surface area contributed by atoms with Crippen LogP contribution in [0.1, 0.15) is 21.5 Å². The van der Waals surface area contributed by atoms with Crippen LogP contribution < -0.4 is 0 Å². The number of rotatable bonds is 2. The lowest BCUT2D eigenvalue weighted by Crippen LogP contribution is -2.09. The van der Waals surface area contributed by atoms with Crippen LogP contribution in [0.25, 0.3) is 0 Å². The molecule has 1 atom stereocenters. The summed E-state index contributed by atoms with van der Waals surface area (Å²) >= 11 is 11.9. The Morgan fingerprint density at radius 2 is 1.67 bits per heavy atom. The summed E-state index contributed by atoms with van der Waals surface area (Å²) in [6, 6.07) is 7.81. The summed E-state index contributed by atoms with van der Waals surface area (Å²) < 4.78 is 37.7. The van der Waals surface area contributed by atoms with Crippen LogP contribution in [0.3, 0.4) is 0 Å². The third-order valence-electron chi connectivity index (χ3n) is 3.50. The predicted molar refractivity (Wildman–Crippen MR) is 93.1 cm³/mol. The first kappa shape index (κ1) is 17.3. The molecule has 8 heteroatoms. The second kappa shape index (κ2) is 6.43. The van der Waals surface area contributed by atoms with Crippen molar-refractivity contribution in [2.24, 2.45) is 4.99 Å². The highest BCUT2D eigenvalue weighted by Gasteiger charge is 2.30. The zero-order chi connectivity index (χ0) is 17.5. The Kier molecular flexibility index (Phi) is 4.64. The molecule has 1 aliphatic rings. The van der Waals surface area contributed by atoms with Gasteiger partial charge in [-0.25, -0.2) is 0 Å². The molecule has 0 amide bonds. The molecule has 0 spiro atoms. The van der Waals surface area contributed by atoms with E-state index in [1.807, 2.05) is 0 Å². The van der Waals surface area contributed by atoms with Gasteiger partial charge in [-0.2, -0.15) is 13.2 Å². The summed E-state index contributed by atoms with van der Waals surface area (Å²) in [4.78, 5) is 16.8. The molecule has 0 bridgehead atoms. The van der Waals surface area contributed by atoms with Gasteiger partial charge in [0.05, 0.1) is 26.9 Å². The molecule has 0 radical (unpaired) electrons. The maximum atomic E-state index is 12.6. The van der Waals surface area contributed by atoms with Gasteiger partial charge in [0.2, 0.25) is 5.12 Å². The van der Waals surface area contributed by atoms with Crippen LogP contribution in [0.15, 0.2) is 41.4 Å².